The van der Waals surface area contributed by atoms with Crippen molar-refractivity contribution >= 4 is 0 Å². The molecule has 0 aliphatic carbocycles. The van der Waals surface area contributed by atoms with Crippen LogP contribution in [0, 0.1) is 0 Å². The second-order valence-corrected chi connectivity index (χ2v) is 5.34. The highest BCUT2D eigenvalue weighted by molar-refractivity contribution is 5.40. The van der Waals surface area contributed by atoms with Crippen molar-refractivity contribution in [2.45, 2.75) is 32.7 Å². The Labute approximate surface area is 102 Å². The second-order valence-electron chi connectivity index (χ2n) is 5.34. The van der Waals surface area contributed by atoms with Crippen LogP contribution in [-0.2, 0) is 12.0 Å². The lowest BCUT2D eigenvalue weighted by molar-refractivity contribution is 0.446. The number of imidazole rings is 1. The van der Waals surface area contributed by atoms with Crippen LogP contribution in [0.5, 0.6) is 5.75 Å². The van der Waals surface area contributed by atoms with E-state index in [4.69, 9.17) is 0 Å². The summed E-state index contributed by atoms with van der Waals surface area (Å²) in [5.74, 6) is 0.367. The third kappa shape index (κ3) is 2.67. The van der Waals surface area contributed by atoms with Crippen molar-refractivity contribution in [3.8, 4) is 5.75 Å². The maximum absolute atomic E-state index is 9.88. The van der Waals surface area contributed by atoms with Gasteiger partial charge >= 0.3 is 0 Å². The van der Waals surface area contributed by atoms with Crippen molar-refractivity contribution in [2.75, 3.05) is 0 Å². The molecule has 0 aliphatic rings. The van der Waals surface area contributed by atoms with E-state index >= 15 is 0 Å². The minimum Gasteiger partial charge on any atom is -0.508 e. The summed E-state index contributed by atoms with van der Waals surface area (Å²) in [6.07, 6.45) is 5.50. The molecular formula is C14H18N2O. The van der Waals surface area contributed by atoms with Crippen LogP contribution in [0.25, 0.3) is 0 Å². The Hall–Kier alpha value is -1.77. The van der Waals surface area contributed by atoms with Crippen LogP contribution in [0.15, 0.2) is 36.9 Å². The molecule has 2 aromatic rings. The predicted molar refractivity (Wildman–Crippen MR) is 68.1 cm³/mol. The Balaban J connectivity index is 2.31. The average molecular weight is 230 g/mol. The molecule has 0 atom stereocenters. The first kappa shape index (κ1) is 11.7. The van der Waals surface area contributed by atoms with E-state index in [-0.39, 0.29) is 5.41 Å². The molecule has 0 fully saturated rings. The molecule has 0 saturated carbocycles. The fourth-order valence-corrected chi connectivity index (χ4v) is 1.87. The van der Waals surface area contributed by atoms with Crippen LogP contribution in [0.1, 0.15) is 31.9 Å². The van der Waals surface area contributed by atoms with Crippen LogP contribution < -0.4 is 0 Å². The molecule has 1 N–H and O–H groups in total. The summed E-state index contributed by atoms with van der Waals surface area (Å²) in [7, 11) is 0. The van der Waals surface area contributed by atoms with Crippen molar-refractivity contribution < 1.29 is 5.11 Å². The molecule has 0 aliphatic heterocycles. The third-order valence-corrected chi connectivity index (χ3v) is 2.79. The van der Waals surface area contributed by atoms with E-state index in [1.54, 1.807) is 18.6 Å². The summed E-state index contributed by atoms with van der Waals surface area (Å²) >= 11 is 0. The molecule has 17 heavy (non-hydrogen) atoms. The van der Waals surface area contributed by atoms with Crippen molar-refractivity contribution in [1.82, 2.24) is 9.55 Å². The fourth-order valence-electron chi connectivity index (χ4n) is 1.87. The van der Waals surface area contributed by atoms with Gasteiger partial charge in [-0.2, -0.15) is 0 Å². The standard InChI is InChI=1S/C14H18N2O/c1-14(2,3)12-8-11(4-5-13(12)17)9-16-7-6-15-10-16/h4-8,10,17H,9H2,1-3H3. The molecule has 0 radical (unpaired) electrons. The van der Waals surface area contributed by atoms with E-state index in [0.29, 0.717) is 5.75 Å². The zero-order chi connectivity index (χ0) is 12.5. The lowest BCUT2D eigenvalue weighted by Crippen LogP contribution is -2.12. The van der Waals surface area contributed by atoms with Gasteiger partial charge in [0.1, 0.15) is 5.75 Å². The van der Waals surface area contributed by atoms with Gasteiger partial charge in [-0.25, -0.2) is 4.98 Å². The Morgan fingerprint density at radius 3 is 2.65 bits per heavy atom. The molecule has 90 valence electrons. The zero-order valence-corrected chi connectivity index (χ0v) is 10.5. The van der Waals surface area contributed by atoms with Gasteiger partial charge in [0.25, 0.3) is 0 Å². The van der Waals surface area contributed by atoms with E-state index in [1.807, 2.05) is 16.8 Å². The van der Waals surface area contributed by atoms with Gasteiger partial charge in [0.2, 0.25) is 0 Å². The lowest BCUT2D eigenvalue weighted by atomic mass is 9.85. The SMILES string of the molecule is CC(C)(C)c1cc(Cn2ccnc2)ccc1O. The van der Waals surface area contributed by atoms with Gasteiger partial charge < -0.3 is 9.67 Å². The van der Waals surface area contributed by atoms with Gasteiger partial charge in [0.15, 0.2) is 0 Å². The van der Waals surface area contributed by atoms with Gasteiger partial charge in [0, 0.05) is 18.9 Å². The molecule has 2 rings (SSSR count). The average Bonchev–Trinajstić information content (AvgIpc) is 2.72. The van der Waals surface area contributed by atoms with Crippen LogP contribution in [0.3, 0.4) is 0 Å². The van der Waals surface area contributed by atoms with Crippen molar-refractivity contribution in [2.24, 2.45) is 0 Å². The minimum atomic E-state index is -0.0466. The highest BCUT2D eigenvalue weighted by Gasteiger charge is 2.18. The van der Waals surface area contributed by atoms with Crippen LogP contribution >= 0.6 is 0 Å². The Kier molecular flexibility index (Phi) is 2.92. The number of rotatable bonds is 2. The number of aromatic nitrogens is 2. The molecular weight excluding hydrogens is 212 g/mol. The quantitative estimate of drug-likeness (QED) is 0.861. The number of phenols is 1. The number of hydrogen-bond acceptors (Lipinski definition) is 2. The van der Waals surface area contributed by atoms with Crippen LogP contribution in [-0.4, -0.2) is 14.7 Å². The summed E-state index contributed by atoms with van der Waals surface area (Å²) in [6.45, 7) is 7.08. The number of benzene rings is 1. The van der Waals surface area contributed by atoms with E-state index in [9.17, 15) is 5.11 Å². The smallest absolute Gasteiger partial charge is 0.119 e. The molecule has 0 unspecified atom stereocenters. The predicted octanol–water partition coefficient (Wildman–Crippen LogP) is 2.93. The number of nitrogens with zero attached hydrogens (tertiary/aromatic N) is 2. The summed E-state index contributed by atoms with van der Waals surface area (Å²) in [6, 6.07) is 5.78. The normalized spacial score (nSPS) is 11.7. The van der Waals surface area contributed by atoms with E-state index < -0.39 is 0 Å². The van der Waals surface area contributed by atoms with Crippen LogP contribution in [0.2, 0.25) is 0 Å². The Morgan fingerprint density at radius 2 is 2.06 bits per heavy atom. The Bertz CT molecular complexity index is 495. The fraction of sp³-hybridized carbons (Fsp3) is 0.357. The number of aromatic hydroxyl groups is 1. The zero-order valence-electron chi connectivity index (χ0n) is 10.5. The Morgan fingerprint density at radius 1 is 1.29 bits per heavy atom. The number of hydrogen-bond donors (Lipinski definition) is 1. The maximum atomic E-state index is 9.88. The van der Waals surface area contributed by atoms with Crippen LogP contribution in [0.4, 0.5) is 0 Å². The van der Waals surface area contributed by atoms with E-state index in [0.717, 1.165) is 12.1 Å². The summed E-state index contributed by atoms with van der Waals surface area (Å²) in [4.78, 5) is 4.02. The first-order valence-corrected chi connectivity index (χ1v) is 5.75. The molecule has 0 spiro atoms. The minimum absolute atomic E-state index is 0.0466. The van der Waals surface area contributed by atoms with Gasteiger partial charge in [-0.15, -0.1) is 0 Å². The van der Waals surface area contributed by atoms with Crippen molar-refractivity contribution in [1.29, 1.82) is 0 Å². The highest BCUT2D eigenvalue weighted by Crippen LogP contribution is 2.31. The first-order chi connectivity index (χ1) is 7.97. The van der Waals surface area contributed by atoms with Gasteiger partial charge in [0.05, 0.1) is 6.33 Å². The number of phenolic OH excluding ortho intramolecular Hbond substituents is 1. The van der Waals surface area contributed by atoms with Gasteiger partial charge in [-0.05, 0) is 28.7 Å². The molecule has 1 aromatic carbocycles. The molecule has 3 nitrogen and oxygen atoms in total. The van der Waals surface area contributed by atoms with E-state index in [2.05, 4.69) is 31.8 Å². The molecule has 1 heterocycles. The monoisotopic (exact) mass is 230 g/mol. The van der Waals surface area contributed by atoms with E-state index in [1.165, 1.54) is 5.56 Å². The molecule has 0 saturated heterocycles. The second kappa shape index (κ2) is 4.24. The topological polar surface area (TPSA) is 38.0 Å². The van der Waals surface area contributed by atoms with Crippen molar-refractivity contribution in [3.05, 3.63) is 48.0 Å². The largest absolute Gasteiger partial charge is 0.508 e. The molecule has 1 aromatic heterocycles. The summed E-state index contributed by atoms with van der Waals surface area (Å²) in [5, 5.41) is 9.88. The van der Waals surface area contributed by atoms with Gasteiger partial charge in [-0.3, -0.25) is 0 Å². The summed E-state index contributed by atoms with van der Waals surface area (Å²) < 4.78 is 2.01. The maximum Gasteiger partial charge on any atom is 0.119 e. The third-order valence-electron chi connectivity index (χ3n) is 2.79. The molecule has 3 heteroatoms. The molecule has 0 bridgehead atoms. The lowest BCUT2D eigenvalue weighted by Gasteiger charge is -2.21. The first-order valence-electron chi connectivity index (χ1n) is 5.75. The highest BCUT2D eigenvalue weighted by atomic mass is 16.3. The van der Waals surface area contributed by atoms with Gasteiger partial charge in [-0.1, -0.05) is 26.8 Å². The van der Waals surface area contributed by atoms with Crippen molar-refractivity contribution in [3.63, 3.8) is 0 Å². The molecule has 0 amide bonds. The summed E-state index contributed by atoms with van der Waals surface area (Å²) in [5.41, 5.74) is 2.11.